The van der Waals surface area contributed by atoms with Crippen molar-refractivity contribution in [3.05, 3.63) is 88.9 Å². The van der Waals surface area contributed by atoms with E-state index in [1.807, 2.05) is 12.1 Å². The molecule has 0 unspecified atom stereocenters. The van der Waals surface area contributed by atoms with Gasteiger partial charge in [0.2, 0.25) is 5.78 Å². The van der Waals surface area contributed by atoms with Gasteiger partial charge in [-0.15, -0.1) is 0 Å². The number of rotatable bonds is 6. The maximum Gasteiger partial charge on any atom is 0.231 e. The Bertz CT molecular complexity index is 1120. The number of hydrogen-bond donors (Lipinski definition) is 0. The van der Waals surface area contributed by atoms with E-state index in [0.717, 1.165) is 5.56 Å². The molecule has 0 aliphatic carbocycles. The largest absolute Gasteiger partial charge is 0.493 e. The van der Waals surface area contributed by atoms with Gasteiger partial charge in [0, 0.05) is 11.6 Å². The Hall–Kier alpha value is -3.80. The van der Waals surface area contributed by atoms with Gasteiger partial charge in [-0.25, -0.2) is 4.39 Å². The summed E-state index contributed by atoms with van der Waals surface area (Å²) in [5, 5.41) is 0. The molecule has 4 rings (SSSR count). The van der Waals surface area contributed by atoms with Crippen LogP contribution in [0.3, 0.4) is 0 Å². The number of halogens is 1. The van der Waals surface area contributed by atoms with Gasteiger partial charge >= 0.3 is 0 Å². The molecule has 5 nitrogen and oxygen atoms in total. The maximum atomic E-state index is 13.0. The number of ketones is 1. The summed E-state index contributed by atoms with van der Waals surface area (Å²) in [7, 11) is 3.09. The lowest BCUT2D eigenvalue weighted by Crippen LogP contribution is -1.99. The van der Waals surface area contributed by atoms with Crippen LogP contribution >= 0.6 is 0 Å². The third kappa shape index (κ3) is 3.85. The van der Waals surface area contributed by atoms with E-state index in [-0.39, 0.29) is 24.0 Å². The number of allylic oxidation sites excluding steroid dienone is 1. The number of hydrogen-bond acceptors (Lipinski definition) is 5. The average molecular weight is 406 g/mol. The Labute approximate surface area is 173 Å². The summed E-state index contributed by atoms with van der Waals surface area (Å²) < 4.78 is 35.3. The summed E-state index contributed by atoms with van der Waals surface area (Å²) in [6, 6.07) is 16.5. The van der Waals surface area contributed by atoms with E-state index in [4.69, 9.17) is 18.9 Å². The number of fused-ring (bicyclic) bond motifs is 1. The van der Waals surface area contributed by atoms with E-state index in [1.165, 1.54) is 19.2 Å². The Morgan fingerprint density at radius 1 is 1.00 bits per heavy atom. The van der Waals surface area contributed by atoms with Gasteiger partial charge in [-0.2, -0.15) is 0 Å². The van der Waals surface area contributed by atoms with Crippen molar-refractivity contribution in [1.29, 1.82) is 0 Å². The van der Waals surface area contributed by atoms with Gasteiger partial charge in [-0.1, -0.05) is 24.3 Å². The van der Waals surface area contributed by atoms with E-state index in [9.17, 15) is 9.18 Å². The van der Waals surface area contributed by atoms with Crippen molar-refractivity contribution in [2.75, 3.05) is 14.2 Å². The minimum Gasteiger partial charge on any atom is -0.493 e. The van der Waals surface area contributed by atoms with E-state index in [1.54, 1.807) is 49.6 Å². The third-order valence-corrected chi connectivity index (χ3v) is 4.68. The average Bonchev–Trinajstić information content (AvgIpc) is 3.07. The lowest BCUT2D eigenvalue weighted by atomic mass is 10.1. The van der Waals surface area contributed by atoms with E-state index < -0.39 is 0 Å². The van der Waals surface area contributed by atoms with Crippen LogP contribution in [0.5, 0.6) is 23.0 Å². The lowest BCUT2D eigenvalue weighted by molar-refractivity contribution is 0.101. The normalized spacial score (nSPS) is 13.7. The molecule has 0 atom stereocenters. The molecule has 3 aromatic rings. The summed E-state index contributed by atoms with van der Waals surface area (Å²) >= 11 is 0. The van der Waals surface area contributed by atoms with Crippen molar-refractivity contribution in [1.82, 2.24) is 0 Å². The quantitative estimate of drug-likeness (QED) is 0.537. The molecule has 0 saturated heterocycles. The SMILES string of the molecule is COc1cccc(C=C2Oc3cc(OCc4ccc(F)cc4)ccc3C2=O)c1OC. The molecule has 0 saturated carbocycles. The molecule has 1 heterocycles. The molecule has 1 aliphatic rings. The first-order valence-corrected chi connectivity index (χ1v) is 9.25. The van der Waals surface area contributed by atoms with Crippen LogP contribution in [0.1, 0.15) is 21.5 Å². The number of benzene rings is 3. The van der Waals surface area contributed by atoms with Crippen molar-refractivity contribution in [3.63, 3.8) is 0 Å². The maximum absolute atomic E-state index is 13.0. The number of Topliss-reactive ketones (excluding diaryl/α,β-unsaturated/α-hetero) is 1. The van der Waals surface area contributed by atoms with Crippen LogP contribution in [-0.4, -0.2) is 20.0 Å². The summed E-state index contributed by atoms with van der Waals surface area (Å²) in [6.07, 6.45) is 1.63. The van der Waals surface area contributed by atoms with Crippen LogP contribution < -0.4 is 18.9 Å². The van der Waals surface area contributed by atoms with Crippen molar-refractivity contribution < 1.29 is 28.1 Å². The number of methoxy groups -OCH3 is 2. The van der Waals surface area contributed by atoms with Gasteiger partial charge in [-0.3, -0.25) is 4.79 Å². The van der Waals surface area contributed by atoms with Gasteiger partial charge in [0.15, 0.2) is 17.3 Å². The summed E-state index contributed by atoms with van der Waals surface area (Å²) in [4.78, 5) is 12.7. The molecular weight excluding hydrogens is 387 g/mol. The molecule has 0 N–H and O–H groups in total. The Balaban J connectivity index is 1.54. The molecule has 1 aliphatic heterocycles. The van der Waals surface area contributed by atoms with E-state index in [2.05, 4.69) is 0 Å². The topological polar surface area (TPSA) is 54.0 Å². The van der Waals surface area contributed by atoms with Crippen LogP contribution in [0.15, 0.2) is 66.4 Å². The highest BCUT2D eigenvalue weighted by molar-refractivity contribution is 6.14. The van der Waals surface area contributed by atoms with Crippen LogP contribution in [-0.2, 0) is 6.61 Å². The fourth-order valence-corrected chi connectivity index (χ4v) is 3.17. The summed E-state index contributed by atoms with van der Waals surface area (Å²) in [5.41, 5.74) is 1.96. The smallest absolute Gasteiger partial charge is 0.231 e. The Morgan fingerprint density at radius 2 is 1.80 bits per heavy atom. The lowest BCUT2D eigenvalue weighted by Gasteiger charge is -2.10. The number of para-hydroxylation sites is 1. The fraction of sp³-hybridized carbons (Fsp3) is 0.125. The molecule has 0 spiro atoms. The predicted octanol–water partition coefficient (Wildman–Crippen LogP) is 5.04. The second-order valence-corrected chi connectivity index (χ2v) is 6.60. The zero-order chi connectivity index (χ0) is 21.1. The molecule has 3 aromatic carbocycles. The highest BCUT2D eigenvalue weighted by Crippen LogP contribution is 2.37. The number of carbonyl (C=O) groups is 1. The molecule has 6 heteroatoms. The minimum atomic E-state index is -0.296. The van der Waals surface area contributed by atoms with Gasteiger partial charge in [0.05, 0.1) is 19.8 Å². The first-order chi connectivity index (χ1) is 14.6. The van der Waals surface area contributed by atoms with Crippen LogP contribution in [0, 0.1) is 5.82 Å². The van der Waals surface area contributed by atoms with Gasteiger partial charge in [0.25, 0.3) is 0 Å². The highest BCUT2D eigenvalue weighted by atomic mass is 19.1. The minimum absolute atomic E-state index is 0.187. The number of ether oxygens (including phenoxy) is 4. The van der Waals surface area contributed by atoms with Crippen molar-refractivity contribution in [2.45, 2.75) is 6.61 Å². The third-order valence-electron chi connectivity index (χ3n) is 4.68. The summed E-state index contributed by atoms with van der Waals surface area (Å²) in [5.74, 6) is 1.72. The Morgan fingerprint density at radius 3 is 2.53 bits per heavy atom. The molecule has 0 bridgehead atoms. The van der Waals surface area contributed by atoms with Crippen LogP contribution in [0.2, 0.25) is 0 Å². The molecular formula is C24H19FO5. The molecule has 0 fully saturated rings. The van der Waals surface area contributed by atoms with E-state index >= 15 is 0 Å². The molecule has 0 amide bonds. The molecule has 0 aromatic heterocycles. The first kappa shape index (κ1) is 19.5. The zero-order valence-corrected chi connectivity index (χ0v) is 16.5. The van der Waals surface area contributed by atoms with Crippen LogP contribution in [0.4, 0.5) is 4.39 Å². The zero-order valence-electron chi connectivity index (χ0n) is 16.5. The second kappa shape index (κ2) is 8.29. The molecule has 0 radical (unpaired) electrons. The molecule has 30 heavy (non-hydrogen) atoms. The van der Waals surface area contributed by atoms with Crippen LogP contribution in [0.25, 0.3) is 6.08 Å². The highest BCUT2D eigenvalue weighted by Gasteiger charge is 2.28. The monoisotopic (exact) mass is 406 g/mol. The van der Waals surface area contributed by atoms with Gasteiger partial charge in [0.1, 0.15) is 23.9 Å². The van der Waals surface area contributed by atoms with Crippen molar-refractivity contribution >= 4 is 11.9 Å². The predicted molar refractivity (Wildman–Crippen MR) is 110 cm³/mol. The Kier molecular flexibility index (Phi) is 5.39. The second-order valence-electron chi connectivity index (χ2n) is 6.60. The fourth-order valence-electron chi connectivity index (χ4n) is 3.17. The van der Waals surface area contributed by atoms with Crippen molar-refractivity contribution in [3.8, 4) is 23.0 Å². The summed E-state index contributed by atoms with van der Waals surface area (Å²) in [6.45, 7) is 0.275. The van der Waals surface area contributed by atoms with E-state index in [0.29, 0.717) is 34.1 Å². The standard InChI is InChI=1S/C24H19FO5/c1-27-20-5-3-4-16(24(20)28-2)12-22-23(26)19-11-10-18(13-21(19)30-22)29-14-15-6-8-17(25)9-7-15/h3-13H,14H2,1-2H3. The molecule has 152 valence electrons. The van der Waals surface area contributed by atoms with Gasteiger partial charge in [-0.05, 0) is 42.0 Å². The number of carbonyl (C=O) groups excluding carboxylic acids is 1. The van der Waals surface area contributed by atoms with Gasteiger partial charge < -0.3 is 18.9 Å². The van der Waals surface area contributed by atoms with Crippen molar-refractivity contribution in [2.24, 2.45) is 0 Å². The first-order valence-electron chi connectivity index (χ1n) is 9.25.